The topological polar surface area (TPSA) is 258 Å². The highest BCUT2D eigenvalue weighted by Gasteiger charge is 2.35. The number of fused-ring (bicyclic) bond motifs is 4. The Kier molecular flexibility index (Phi) is 17.0. The number of nitrogens with zero attached hydrogens (tertiary/aromatic N) is 13. The number of anilines is 3. The van der Waals surface area contributed by atoms with Crippen LogP contribution in [0, 0.1) is 30.3 Å². The molecule has 0 atom stereocenters. The molecule has 0 spiro atoms. The van der Waals surface area contributed by atoms with Gasteiger partial charge in [-0.2, -0.15) is 0 Å². The van der Waals surface area contributed by atoms with Crippen molar-refractivity contribution in [1.29, 1.82) is 0 Å². The van der Waals surface area contributed by atoms with Crippen molar-refractivity contribution in [2.45, 2.75) is 13.1 Å². The summed E-state index contributed by atoms with van der Waals surface area (Å²) in [5.74, 6) is 0.725. The van der Waals surface area contributed by atoms with Gasteiger partial charge in [-0.15, -0.1) is 11.3 Å². The average Bonchev–Trinajstić information content (AvgIpc) is 1.99. The molecule has 1 amide bonds. The molecular weight excluding hydrogens is 1130 g/mol. The third-order valence-electron chi connectivity index (χ3n) is 16.4. The van der Waals surface area contributed by atoms with E-state index >= 15 is 0 Å². The first-order chi connectivity index (χ1) is 42.1. The molecule has 0 N–H and O–H groups in total. The van der Waals surface area contributed by atoms with Crippen LogP contribution in [0.5, 0.6) is 0 Å². The quantitative estimate of drug-likeness (QED) is 0.0874. The normalized spacial score (nSPS) is 14.9. The number of amides is 1. The summed E-state index contributed by atoms with van der Waals surface area (Å²) in [4.78, 5) is 103. The summed E-state index contributed by atoms with van der Waals surface area (Å²) < 4.78 is 9.42. The van der Waals surface area contributed by atoms with E-state index in [0.29, 0.717) is 104 Å². The summed E-state index contributed by atoms with van der Waals surface area (Å²) in [5, 5.41) is 41.2. The Bertz CT molecular complexity index is 4250. The number of benzene rings is 4. The van der Waals surface area contributed by atoms with Gasteiger partial charge in [0.25, 0.3) is 5.91 Å². The van der Waals surface area contributed by atoms with Crippen LogP contribution in [0.2, 0.25) is 0 Å². The molecule has 0 radical (unpaired) electrons. The van der Waals surface area contributed by atoms with Gasteiger partial charge in [-0.1, -0.05) is 84.9 Å². The molecule has 25 heteroatoms. The van der Waals surface area contributed by atoms with Crippen molar-refractivity contribution in [3.8, 4) is 0 Å². The number of thiophene rings is 1. The second-order valence-electron chi connectivity index (χ2n) is 21.4. The second-order valence-corrected chi connectivity index (χ2v) is 22.4. The molecule has 4 aromatic carbocycles. The molecule has 0 unspecified atom stereocenters. The van der Waals surface area contributed by atoms with Gasteiger partial charge in [-0.25, -0.2) is 0 Å². The summed E-state index contributed by atoms with van der Waals surface area (Å²) >= 11 is 1.74. The minimum Gasteiger partial charge on any atom is -0.468 e. The molecule has 6 aromatic heterocycles. The van der Waals surface area contributed by atoms with Crippen LogP contribution < -0.4 is 31.4 Å². The summed E-state index contributed by atoms with van der Waals surface area (Å²) in [5.41, 5.74) is 0.720. The average molecular weight is 1200 g/mol. The van der Waals surface area contributed by atoms with E-state index in [1.807, 2.05) is 112 Å². The molecule has 0 saturated carbocycles. The van der Waals surface area contributed by atoms with Crippen molar-refractivity contribution in [3.05, 3.63) is 223 Å². The van der Waals surface area contributed by atoms with Crippen molar-refractivity contribution in [2.75, 3.05) is 93.2 Å². The molecule has 3 aliphatic rings. The van der Waals surface area contributed by atoms with Crippen LogP contribution in [0.25, 0.3) is 43.5 Å². The van der Waals surface area contributed by atoms with Crippen LogP contribution in [0.4, 0.5) is 34.1 Å². The lowest BCUT2D eigenvalue weighted by Crippen LogP contribution is -2.49. The molecule has 24 nitrogen and oxygen atoms in total. The number of pyridine rings is 4. The standard InChI is InChI=1S/C24H21N5O4.C19H20N4O4.C19H20N4O3S/c1-26-19-9-5-4-8-18(19)21(22(24(26)31)29(32)33)27-12-14-28(15-13-27)23(30)20-17-7-3-2-6-16(17)10-11-25-20;2*1-20-16-7-3-2-6-15(16)17(18(19(20)24)23(25)26)22-10-8-21(9-11-22)13-14-5-4-12-27-14/h2-11H,12-15H2,1H3;2*2-7,12H,8-11,13H2,1H3. The van der Waals surface area contributed by atoms with E-state index in [-0.39, 0.29) is 17.3 Å². The highest BCUT2D eigenvalue weighted by Crippen LogP contribution is 2.37. The molecule has 0 aliphatic carbocycles. The Balaban J connectivity index is 0.000000136. The minimum atomic E-state index is -0.646. The lowest BCUT2D eigenvalue weighted by molar-refractivity contribution is -0.385. The van der Waals surface area contributed by atoms with Gasteiger partial charge in [0.05, 0.1) is 44.1 Å². The van der Waals surface area contributed by atoms with Crippen molar-refractivity contribution in [2.24, 2.45) is 21.1 Å². The van der Waals surface area contributed by atoms with Crippen molar-refractivity contribution in [3.63, 3.8) is 0 Å². The van der Waals surface area contributed by atoms with Crippen molar-refractivity contribution < 1.29 is 24.0 Å². The fraction of sp³-hybridized carbons (Fsp3) is 0.274. The number of piperazine rings is 3. The monoisotopic (exact) mass is 1200 g/mol. The molecule has 10 aromatic rings. The van der Waals surface area contributed by atoms with E-state index < -0.39 is 37.1 Å². The van der Waals surface area contributed by atoms with E-state index in [1.54, 1.807) is 67.1 Å². The molecular formula is C62H61N13O11S. The zero-order valence-electron chi connectivity index (χ0n) is 48.0. The van der Waals surface area contributed by atoms with Gasteiger partial charge in [0.1, 0.15) is 28.5 Å². The van der Waals surface area contributed by atoms with E-state index in [1.165, 1.54) is 25.6 Å². The summed E-state index contributed by atoms with van der Waals surface area (Å²) in [7, 11) is 4.69. The van der Waals surface area contributed by atoms with Gasteiger partial charge in [0, 0.05) is 139 Å². The van der Waals surface area contributed by atoms with E-state index in [9.17, 15) is 49.5 Å². The SMILES string of the molecule is Cn1c(=O)c([N+](=O)[O-])c(N2CCN(C(=O)c3nccc4ccccc34)CC2)c2ccccc21.Cn1c(=O)c([N+](=O)[O-])c(N2CCN(Cc3ccco3)CC2)c2ccccc21.Cn1c(=O)c([N+](=O)[O-])c(N2CCN(Cc3cccs3)CC2)c2ccccc21. The Morgan fingerprint density at radius 1 is 0.494 bits per heavy atom. The molecule has 13 rings (SSSR count). The lowest BCUT2D eigenvalue weighted by atomic mass is 10.1. The zero-order chi connectivity index (χ0) is 61.0. The fourth-order valence-electron chi connectivity index (χ4n) is 11.9. The van der Waals surface area contributed by atoms with Crippen LogP contribution in [0.1, 0.15) is 21.1 Å². The van der Waals surface area contributed by atoms with Gasteiger partial charge >= 0.3 is 33.7 Å². The zero-order valence-corrected chi connectivity index (χ0v) is 48.8. The van der Waals surface area contributed by atoms with Crippen LogP contribution in [-0.4, -0.2) is 133 Å². The van der Waals surface area contributed by atoms with Crippen LogP contribution in [-0.2, 0) is 34.2 Å². The number of rotatable bonds is 11. The second kappa shape index (κ2) is 25.2. The Hall–Kier alpha value is -10.1. The van der Waals surface area contributed by atoms with E-state index in [0.717, 1.165) is 60.0 Å². The summed E-state index contributed by atoms with van der Waals surface area (Å²) in [6.07, 6.45) is 3.28. The number of carbonyl (C=O) groups excluding carboxylic acids is 1. The van der Waals surface area contributed by atoms with Gasteiger partial charge < -0.3 is 37.7 Å². The molecule has 87 heavy (non-hydrogen) atoms. The first-order valence-electron chi connectivity index (χ1n) is 28.2. The largest absolute Gasteiger partial charge is 0.468 e. The number of carbonyl (C=O) groups is 1. The molecule has 446 valence electrons. The minimum absolute atomic E-state index is 0.171. The smallest absolute Gasteiger partial charge is 0.357 e. The number of hydrogen-bond acceptors (Lipinski definition) is 18. The summed E-state index contributed by atoms with van der Waals surface area (Å²) in [6, 6.07) is 39.3. The number of para-hydroxylation sites is 3. The number of furan rings is 1. The lowest BCUT2D eigenvalue weighted by Gasteiger charge is -2.36. The number of aromatic nitrogens is 4. The third-order valence-corrected chi connectivity index (χ3v) is 17.2. The predicted molar refractivity (Wildman–Crippen MR) is 335 cm³/mol. The Morgan fingerprint density at radius 2 is 0.908 bits per heavy atom. The maximum Gasteiger partial charge on any atom is 0.357 e. The Labute approximate surface area is 500 Å². The number of nitro groups is 3. The molecule has 3 saturated heterocycles. The van der Waals surface area contributed by atoms with Crippen molar-refractivity contribution >= 4 is 94.8 Å². The predicted octanol–water partition coefficient (Wildman–Crippen LogP) is 8.15. The molecule has 0 bridgehead atoms. The van der Waals surface area contributed by atoms with Gasteiger partial charge in [-0.05, 0) is 53.2 Å². The maximum atomic E-state index is 13.2. The molecule has 3 fully saturated rings. The van der Waals surface area contributed by atoms with Gasteiger partial charge in [-0.3, -0.25) is 64.3 Å². The highest BCUT2D eigenvalue weighted by molar-refractivity contribution is 7.09. The van der Waals surface area contributed by atoms with Gasteiger partial charge in [0.15, 0.2) is 0 Å². The highest BCUT2D eigenvalue weighted by atomic mass is 32.1. The van der Waals surface area contributed by atoms with Crippen LogP contribution >= 0.6 is 11.3 Å². The van der Waals surface area contributed by atoms with E-state index in [4.69, 9.17) is 4.42 Å². The van der Waals surface area contributed by atoms with Crippen LogP contribution in [0.3, 0.4) is 0 Å². The summed E-state index contributed by atoms with van der Waals surface area (Å²) in [6.45, 7) is 8.69. The first kappa shape index (κ1) is 58.7. The van der Waals surface area contributed by atoms with Crippen LogP contribution in [0.15, 0.2) is 164 Å². The molecule has 3 aliphatic heterocycles. The van der Waals surface area contributed by atoms with Gasteiger partial charge in [0.2, 0.25) is 0 Å². The fourth-order valence-corrected chi connectivity index (χ4v) is 12.7. The number of hydrogen-bond donors (Lipinski definition) is 0. The maximum absolute atomic E-state index is 13.2. The van der Waals surface area contributed by atoms with Crippen molar-refractivity contribution in [1.82, 2.24) is 33.4 Å². The first-order valence-corrected chi connectivity index (χ1v) is 29.1. The molecule has 9 heterocycles. The van der Waals surface area contributed by atoms with E-state index in [2.05, 4.69) is 26.2 Å². The number of aryl methyl sites for hydroxylation is 3. The third kappa shape index (κ3) is 11.7. The Morgan fingerprint density at radius 3 is 1.32 bits per heavy atom.